The van der Waals surface area contributed by atoms with Gasteiger partial charge >= 0.3 is 6.09 Å². The number of aliphatic hydroxyl groups is 1. The fraction of sp³-hybridized carbons (Fsp3) is 0.417. The second-order valence-electron chi connectivity index (χ2n) is 4.03. The summed E-state index contributed by atoms with van der Waals surface area (Å²) in [4.78, 5) is 12.7. The number of hydrogen-bond acceptors (Lipinski definition) is 3. The molecule has 2 rings (SSSR count). The van der Waals surface area contributed by atoms with Crippen molar-refractivity contribution in [3.05, 3.63) is 35.9 Å². The van der Waals surface area contributed by atoms with Crippen molar-refractivity contribution in [2.45, 2.75) is 18.9 Å². The predicted octanol–water partition coefficient (Wildman–Crippen LogP) is 1.34. The van der Waals surface area contributed by atoms with Crippen molar-refractivity contribution >= 4 is 6.09 Å². The minimum absolute atomic E-state index is 0.00517. The highest BCUT2D eigenvalue weighted by atomic mass is 19.1. The van der Waals surface area contributed by atoms with Crippen LogP contribution < -0.4 is 0 Å². The third-order valence-electron chi connectivity index (χ3n) is 2.68. The number of hydrogen-bond donors (Lipinski definition) is 1. The number of carbonyl (C=O) groups is 1. The van der Waals surface area contributed by atoms with Crippen LogP contribution in [0.4, 0.5) is 9.18 Å². The Morgan fingerprint density at radius 3 is 2.71 bits per heavy atom. The van der Waals surface area contributed by atoms with Crippen molar-refractivity contribution in [1.82, 2.24) is 4.90 Å². The van der Waals surface area contributed by atoms with Crippen LogP contribution in [0.5, 0.6) is 0 Å². The molecule has 1 saturated heterocycles. The molecule has 1 amide bonds. The van der Waals surface area contributed by atoms with E-state index >= 15 is 0 Å². The number of likely N-dealkylation sites (tertiary alicyclic amines) is 1. The van der Waals surface area contributed by atoms with Gasteiger partial charge in [-0.3, -0.25) is 0 Å². The van der Waals surface area contributed by atoms with Gasteiger partial charge in [0, 0.05) is 0 Å². The molecule has 0 radical (unpaired) electrons. The number of carbonyl (C=O) groups excluding carboxylic acids is 1. The number of rotatable bonds is 2. The van der Waals surface area contributed by atoms with Gasteiger partial charge in [0.25, 0.3) is 0 Å². The van der Waals surface area contributed by atoms with E-state index in [1.165, 1.54) is 4.90 Å². The quantitative estimate of drug-likeness (QED) is 0.847. The summed E-state index contributed by atoms with van der Waals surface area (Å²) in [7, 11) is 0. The second-order valence-corrected chi connectivity index (χ2v) is 4.03. The molecule has 0 saturated carbocycles. The molecular weight excluding hydrogens is 225 g/mol. The highest BCUT2D eigenvalue weighted by molar-refractivity contribution is 5.68. The van der Waals surface area contributed by atoms with Crippen LogP contribution in [0.25, 0.3) is 0 Å². The van der Waals surface area contributed by atoms with Crippen LogP contribution in [0.1, 0.15) is 5.56 Å². The Bertz CT molecular complexity index is 375. The van der Waals surface area contributed by atoms with E-state index in [2.05, 4.69) is 0 Å². The molecule has 1 heterocycles. The third kappa shape index (κ3) is 2.94. The van der Waals surface area contributed by atoms with Crippen LogP contribution in [0.3, 0.4) is 0 Å². The van der Waals surface area contributed by atoms with Crippen LogP contribution in [0.2, 0.25) is 0 Å². The first-order valence-corrected chi connectivity index (χ1v) is 5.44. The smallest absolute Gasteiger partial charge is 0.410 e. The van der Waals surface area contributed by atoms with Gasteiger partial charge in [-0.15, -0.1) is 0 Å². The standard InChI is InChI=1S/C12H14FNO3/c13-10-6-14(7-11(10)15)12(16)17-8-9-4-2-1-3-5-9/h1-5,10-11,15H,6-8H2/t10-,11+/m1/s1. The Balaban J connectivity index is 1.82. The van der Waals surface area contributed by atoms with E-state index in [1.54, 1.807) is 0 Å². The van der Waals surface area contributed by atoms with Gasteiger partial charge in [0.1, 0.15) is 18.9 Å². The fourth-order valence-corrected chi connectivity index (χ4v) is 1.71. The Morgan fingerprint density at radius 1 is 1.41 bits per heavy atom. The van der Waals surface area contributed by atoms with E-state index in [-0.39, 0.29) is 19.7 Å². The monoisotopic (exact) mass is 239 g/mol. The lowest BCUT2D eigenvalue weighted by atomic mass is 10.2. The molecule has 0 spiro atoms. The van der Waals surface area contributed by atoms with Gasteiger partial charge in [0.2, 0.25) is 0 Å². The van der Waals surface area contributed by atoms with Crippen LogP contribution in [0.15, 0.2) is 30.3 Å². The van der Waals surface area contributed by atoms with E-state index in [9.17, 15) is 14.3 Å². The maximum Gasteiger partial charge on any atom is 0.410 e. The largest absolute Gasteiger partial charge is 0.445 e. The molecule has 1 aromatic carbocycles. The second kappa shape index (κ2) is 5.14. The summed E-state index contributed by atoms with van der Waals surface area (Å²) in [5, 5.41) is 9.18. The lowest BCUT2D eigenvalue weighted by molar-refractivity contribution is 0.0958. The molecular formula is C12H14FNO3. The average molecular weight is 239 g/mol. The van der Waals surface area contributed by atoms with Crippen LogP contribution in [0, 0.1) is 0 Å². The SMILES string of the molecule is O=C(OCc1ccccc1)N1C[C@@H](F)[C@@H](O)C1. The normalized spacial score (nSPS) is 23.8. The molecule has 2 atom stereocenters. The van der Waals surface area contributed by atoms with Gasteiger partial charge in [0.15, 0.2) is 0 Å². The Labute approximate surface area is 98.6 Å². The Morgan fingerprint density at radius 2 is 2.12 bits per heavy atom. The van der Waals surface area contributed by atoms with Crippen molar-refractivity contribution < 1.29 is 19.0 Å². The maximum atomic E-state index is 13.0. The minimum atomic E-state index is -1.38. The summed E-state index contributed by atoms with van der Waals surface area (Å²) in [6.45, 7) is 0.0484. The summed E-state index contributed by atoms with van der Waals surface area (Å²) in [5.41, 5.74) is 0.873. The van der Waals surface area contributed by atoms with Gasteiger partial charge in [-0.1, -0.05) is 30.3 Å². The number of amides is 1. The molecule has 17 heavy (non-hydrogen) atoms. The molecule has 1 aliphatic rings. The van der Waals surface area contributed by atoms with E-state index < -0.39 is 18.4 Å². The number of alkyl halides is 1. The molecule has 1 N–H and O–H groups in total. The minimum Gasteiger partial charge on any atom is -0.445 e. The zero-order chi connectivity index (χ0) is 12.3. The molecule has 1 aromatic rings. The third-order valence-corrected chi connectivity index (χ3v) is 2.68. The zero-order valence-electron chi connectivity index (χ0n) is 9.25. The van der Waals surface area contributed by atoms with Gasteiger partial charge in [-0.2, -0.15) is 0 Å². The van der Waals surface area contributed by atoms with Crippen molar-refractivity contribution in [3.63, 3.8) is 0 Å². The topological polar surface area (TPSA) is 49.8 Å². The van der Waals surface area contributed by atoms with Crippen molar-refractivity contribution in [2.75, 3.05) is 13.1 Å². The van der Waals surface area contributed by atoms with E-state index in [0.29, 0.717) is 0 Å². The molecule has 0 aliphatic carbocycles. The summed E-state index contributed by atoms with van der Waals surface area (Å²) in [6, 6.07) is 9.24. The average Bonchev–Trinajstić information content (AvgIpc) is 2.68. The summed E-state index contributed by atoms with van der Waals surface area (Å²) >= 11 is 0. The summed E-state index contributed by atoms with van der Waals surface area (Å²) in [6.07, 6.45) is -3.06. The van der Waals surface area contributed by atoms with Gasteiger partial charge < -0.3 is 14.7 Å². The number of aliphatic hydroxyl groups excluding tert-OH is 1. The molecule has 0 unspecified atom stereocenters. The van der Waals surface area contributed by atoms with Gasteiger partial charge in [-0.25, -0.2) is 9.18 Å². The summed E-state index contributed by atoms with van der Waals surface area (Å²) < 4.78 is 18.0. The number of nitrogens with zero attached hydrogens (tertiary/aromatic N) is 1. The number of β-amino-alcohol motifs (C(OH)–C–C–N with tert-alkyl or cyclic N) is 1. The maximum absolute atomic E-state index is 13.0. The zero-order valence-corrected chi connectivity index (χ0v) is 9.25. The fourth-order valence-electron chi connectivity index (χ4n) is 1.71. The Kier molecular flexibility index (Phi) is 3.58. The van der Waals surface area contributed by atoms with E-state index in [0.717, 1.165) is 5.56 Å². The van der Waals surface area contributed by atoms with Crippen LogP contribution in [-0.2, 0) is 11.3 Å². The highest BCUT2D eigenvalue weighted by Crippen LogP contribution is 2.14. The molecule has 0 bridgehead atoms. The first-order chi connectivity index (χ1) is 8.16. The summed E-state index contributed by atoms with van der Waals surface area (Å²) in [5.74, 6) is 0. The number of halogens is 1. The predicted molar refractivity (Wildman–Crippen MR) is 59.1 cm³/mol. The molecule has 4 nitrogen and oxygen atoms in total. The first-order valence-electron chi connectivity index (χ1n) is 5.44. The van der Waals surface area contributed by atoms with Crippen molar-refractivity contribution in [1.29, 1.82) is 0 Å². The first kappa shape index (κ1) is 11.9. The molecule has 5 heteroatoms. The molecule has 0 aromatic heterocycles. The van der Waals surface area contributed by atoms with Crippen LogP contribution >= 0.6 is 0 Å². The number of ether oxygens (including phenoxy) is 1. The highest BCUT2D eigenvalue weighted by Gasteiger charge is 2.34. The van der Waals surface area contributed by atoms with Crippen molar-refractivity contribution in [3.8, 4) is 0 Å². The molecule has 1 aliphatic heterocycles. The lowest BCUT2D eigenvalue weighted by Gasteiger charge is -2.14. The number of benzene rings is 1. The van der Waals surface area contributed by atoms with Gasteiger partial charge in [-0.05, 0) is 5.56 Å². The van der Waals surface area contributed by atoms with Crippen molar-refractivity contribution in [2.24, 2.45) is 0 Å². The molecule has 1 fully saturated rings. The van der Waals surface area contributed by atoms with Gasteiger partial charge in [0.05, 0.1) is 13.1 Å². The van der Waals surface area contributed by atoms with Crippen LogP contribution in [-0.4, -0.2) is 41.5 Å². The Hall–Kier alpha value is -1.62. The van der Waals surface area contributed by atoms with E-state index in [1.807, 2.05) is 30.3 Å². The van der Waals surface area contributed by atoms with E-state index in [4.69, 9.17) is 4.74 Å². The lowest BCUT2D eigenvalue weighted by Crippen LogP contribution is -2.30. The molecule has 92 valence electrons.